The first-order valence-electron chi connectivity index (χ1n) is 7.97. The molecule has 1 atom stereocenters. The van der Waals surface area contributed by atoms with Gasteiger partial charge in [0.2, 0.25) is 5.91 Å². The van der Waals surface area contributed by atoms with E-state index in [1.807, 2.05) is 25.3 Å². The molecule has 23 heavy (non-hydrogen) atoms. The molecule has 0 bridgehead atoms. The number of hydrogen-bond donors (Lipinski definition) is 1. The Hall–Kier alpha value is -1.40. The predicted molar refractivity (Wildman–Crippen MR) is 95.7 cm³/mol. The highest BCUT2D eigenvalue weighted by molar-refractivity contribution is 7.99. The zero-order valence-electron chi connectivity index (χ0n) is 13.2. The van der Waals surface area contributed by atoms with E-state index in [4.69, 9.17) is 4.98 Å². The highest BCUT2D eigenvalue weighted by Crippen LogP contribution is 2.29. The van der Waals surface area contributed by atoms with Gasteiger partial charge >= 0.3 is 0 Å². The lowest BCUT2D eigenvalue weighted by Crippen LogP contribution is -2.28. The third kappa shape index (κ3) is 4.54. The lowest BCUT2D eigenvalue weighted by molar-refractivity contribution is -0.119. The molecule has 1 amide bonds. The second-order valence-corrected chi connectivity index (χ2v) is 7.87. The van der Waals surface area contributed by atoms with Crippen molar-refractivity contribution in [3.8, 4) is 0 Å². The molecule has 1 aliphatic rings. The Bertz CT molecular complexity index is 634. The van der Waals surface area contributed by atoms with E-state index in [2.05, 4.69) is 10.3 Å². The van der Waals surface area contributed by atoms with Gasteiger partial charge in [0.15, 0.2) is 0 Å². The van der Waals surface area contributed by atoms with Crippen molar-refractivity contribution in [2.45, 2.75) is 44.4 Å². The van der Waals surface area contributed by atoms with Crippen LogP contribution in [0.5, 0.6) is 0 Å². The summed E-state index contributed by atoms with van der Waals surface area (Å²) in [6, 6.07) is 3.94. The van der Waals surface area contributed by atoms with E-state index in [0.29, 0.717) is 5.75 Å². The van der Waals surface area contributed by atoms with Crippen molar-refractivity contribution in [2.75, 3.05) is 5.75 Å². The fourth-order valence-corrected chi connectivity index (χ4v) is 4.58. The van der Waals surface area contributed by atoms with Gasteiger partial charge in [-0.2, -0.15) is 0 Å². The van der Waals surface area contributed by atoms with Crippen LogP contribution in [0.3, 0.4) is 0 Å². The normalized spacial score (nSPS) is 15.0. The number of hydrogen-bond acceptors (Lipinski definition) is 5. The molecule has 2 aromatic heterocycles. The number of thiazole rings is 1. The molecule has 0 fully saturated rings. The summed E-state index contributed by atoms with van der Waals surface area (Å²) in [4.78, 5) is 22.3. The maximum absolute atomic E-state index is 12.1. The van der Waals surface area contributed by atoms with Gasteiger partial charge in [0.25, 0.3) is 0 Å². The summed E-state index contributed by atoms with van der Waals surface area (Å²) >= 11 is 3.38. The Morgan fingerprint density at radius 1 is 1.43 bits per heavy atom. The Balaban J connectivity index is 1.46. The van der Waals surface area contributed by atoms with Gasteiger partial charge in [-0.05, 0) is 44.2 Å². The first-order valence-corrected chi connectivity index (χ1v) is 9.94. The van der Waals surface area contributed by atoms with Crippen LogP contribution in [0, 0.1) is 0 Å². The molecule has 122 valence electrons. The summed E-state index contributed by atoms with van der Waals surface area (Å²) < 4.78 is 0. The van der Waals surface area contributed by atoms with Crippen LogP contribution in [-0.2, 0) is 23.4 Å². The van der Waals surface area contributed by atoms with Crippen molar-refractivity contribution < 1.29 is 4.79 Å². The number of thioether (sulfide) groups is 1. The molecule has 1 N–H and O–H groups in total. The minimum absolute atomic E-state index is 0.00269. The number of nitrogens with one attached hydrogen (secondary N) is 1. The second-order valence-electron chi connectivity index (χ2n) is 5.77. The summed E-state index contributed by atoms with van der Waals surface area (Å²) in [5, 5.41) is 4.11. The molecule has 0 saturated carbocycles. The van der Waals surface area contributed by atoms with Gasteiger partial charge in [-0.25, -0.2) is 4.98 Å². The highest BCUT2D eigenvalue weighted by Gasteiger charge is 2.19. The van der Waals surface area contributed by atoms with Gasteiger partial charge in [0.1, 0.15) is 5.01 Å². The fourth-order valence-electron chi connectivity index (χ4n) is 2.65. The van der Waals surface area contributed by atoms with Crippen LogP contribution in [0.25, 0.3) is 0 Å². The maximum atomic E-state index is 12.1. The number of rotatable bonds is 6. The number of pyridine rings is 1. The average Bonchev–Trinajstić information content (AvgIpc) is 3.00. The zero-order chi connectivity index (χ0) is 16.1. The molecule has 0 saturated heterocycles. The summed E-state index contributed by atoms with van der Waals surface area (Å²) in [6.45, 7) is 2.02. The van der Waals surface area contributed by atoms with E-state index in [9.17, 15) is 4.79 Å². The molecule has 3 rings (SSSR count). The first-order chi connectivity index (χ1) is 11.2. The number of nitrogens with zero attached hydrogens (tertiary/aromatic N) is 2. The van der Waals surface area contributed by atoms with Crippen molar-refractivity contribution in [1.29, 1.82) is 0 Å². The average molecular weight is 348 g/mol. The van der Waals surface area contributed by atoms with Crippen LogP contribution in [0.15, 0.2) is 24.5 Å². The monoisotopic (exact) mass is 347 g/mol. The molecular formula is C17H21N3OS2. The van der Waals surface area contributed by atoms with E-state index in [-0.39, 0.29) is 11.9 Å². The summed E-state index contributed by atoms with van der Waals surface area (Å²) in [7, 11) is 0. The standard InChI is InChI=1S/C17H21N3OS2/c1-12(17-20-14-6-2-3-7-15(14)23-17)19-16(21)11-22-10-13-5-4-8-18-9-13/h4-5,8-9,12H,2-3,6-7,10-11H2,1H3,(H,19,21)/t12-/m1/s1. The summed E-state index contributed by atoms with van der Waals surface area (Å²) in [5.41, 5.74) is 2.40. The van der Waals surface area contributed by atoms with Crippen LogP contribution in [0.1, 0.15) is 46.9 Å². The Morgan fingerprint density at radius 3 is 3.09 bits per heavy atom. The van der Waals surface area contributed by atoms with Gasteiger partial charge < -0.3 is 5.32 Å². The van der Waals surface area contributed by atoms with Gasteiger partial charge in [0, 0.05) is 23.0 Å². The lowest BCUT2D eigenvalue weighted by atomic mass is 10.0. The van der Waals surface area contributed by atoms with Crippen LogP contribution < -0.4 is 5.32 Å². The number of amides is 1. The molecule has 0 radical (unpaired) electrons. The van der Waals surface area contributed by atoms with Crippen LogP contribution in [-0.4, -0.2) is 21.6 Å². The van der Waals surface area contributed by atoms with Gasteiger partial charge in [-0.3, -0.25) is 9.78 Å². The maximum Gasteiger partial charge on any atom is 0.230 e. The van der Waals surface area contributed by atoms with Crippen molar-refractivity contribution in [1.82, 2.24) is 15.3 Å². The highest BCUT2D eigenvalue weighted by atomic mass is 32.2. The fraction of sp³-hybridized carbons (Fsp3) is 0.471. The van der Waals surface area contributed by atoms with E-state index >= 15 is 0 Å². The number of aromatic nitrogens is 2. The van der Waals surface area contributed by atoms with E-state index in [0.717, 1.165) is 29.2 Å². The Labute approximate surface area is 145 Å². The third-order valence-electron chi connectivity index (χ3n) is 3.83. The SMILES string of the molecule is C[C@@H](NC(=O)CSCc1cccnc1)c1nc2c(s1)CCCC2. The lowest BCUT2D eigenvalue weighted by Gasteiger charge is -2.11. The van der Waals surface area contributed by atoms with Crippen LogP contribution >= 0.6 is 23.1 Å². The van der Waals surface area contributed by atoms with Crippen LogP contribution in [0.2, 0.25) is 0 Å². The number of carbonyl (C=O) groups is 1. The smallest absolute Gasteiger partial charge is 0.230 e. The van der Waals surface area contributed by atoms with Crippen molar-refractivity contribution in [2.24, 2.45) is 0 Å². The zero-order valence-corrected chi connectivity index (χ0v) is 14.9. The number of aryl methyl sites for hydroxylation is 2. The number of carbonyl (C=O) groups excluding carboxylic acids is 1. The van der Waals surface area contributed by atoms with E-state index in [1.54, 1.807) is 29.3 Å². The second kappa shape index (κ2) is 7.93. The van der Waals surface area contributed by atoms with Gasteiger partial charge in [0.05, 0.1) is 17.5 Å². The predicted octanol–water partition coefficient (Wildman–Crippen LogP) is 3.53. The molecule has 0 aliphatic heterocycles. The molecule has 4 nitrogen and oxygen atoms in total. The van der Waals surface area contributed by atoms with Gasteiger partial charge in [-0.15, -0.1) is 23.1 Å². The first kappa shape index (κ1) is 16.5. The number of fused-ring (bicyclic) bond motifs is 1. The quantitative estimate of drug-likeness (QED) is 0.868. The molecule has 1 aliphatic carbocycles. The summed E-state index contributed by atoms with van der Waals surface area (Å²) in [6.07, 6.45) is 8.34. The van der Waals surface area contributed by atoms with Crippen molar-refractivity contribution in [3.05, 3.63) is 45.7 Å². The van der Waals surface area contributed by atoms with E-state index in [1.165, 1.54) is 23.4 Å². The molecule has 0 spiro atoms. The molecule has 0 unspecified atom stereocenters. The molecule has 2 heterocycles. The molecule has 0 aromatic carbocycles. The topological polar surface area (TPSA) is 54.9 Å². The van der Waals surface area contributed by atoms with E-state index < -0.39 is 0 Å². The summed E-state index contributed by atoms with van der Waals surface area (Å²) in [5.74, 6) is 1.34. The minimum Gasteiger partial charge on any atom is -0.346 e. The van der Waals surface area contributed by atoms with Crippen molar-refractivity contribution >= 4 is 29.0 Å². The van der Waals surface area contributed by atoms with Gasteiger partial charge in [-0.1, -0.05) is 6.07 Å². The largest absolute Gasteiger partial charge is 0.346 e. The molecular weight excluding hydrogens is 326 g/mol. The Morgan fingerprint density at radius 2 is 2.30 bits per heavy atom. The molecule has 6 heteroatoms. The van der Waals surface area contributed by atoms with Crippen molar-refractivity contribution in [3.63, 3.8) is 0 Å². The molecule has 2 aromatic rings. The van der Waals surface area contributed by atoms with Crippen LogP contribution in [0.4, 0.5) is 0 Å². The Kier molecular flexibility index (Phi) is 5.67. The third-order valence-corrected chi connectivity index (χ3v) is 6.18. The minimum atomic E-state index is -0.00269.